The quantitative estimate of drug-likeness (QED) is 0.783. The van der Waals surface area contributed by atoms with E-state index in [1.807, 2.05) is 61.5 Å². The summed E-state index contributed by atoms with van der Waals surface area (Å²) in [5, 5.41) is 18.8. The number of β-amino-alcohol motifs (C(OH)–C–C–N with tert-alkyl or cyclic N) is 1. The summed E-state index contributed by atoms with van der Waals surface area (Å²) in [6, 6.07) is 19.3. The van der Waals surface area contributed by atoms with Crippen LogP contribution < -0.4 is 4.90 Å². The van der Waals surface area contributed by atoms with Gasteiger partial charge in [0.15, 0.2) is 0 Å². The maximum Gasteiger partial charge on any atom is 0.242 e. The normalized spacial score (nSPS) is 17.5. The number of likely N-dealkylation sites (tertiary alicyclic amines) is 1. The topological polar surface area (TPSA) is 70.8 Å². The highest BCUT2D eigenvalue weighted by molar-refractivity contribution is 5.81. The molecule has 2 aromatic carbocycles. The van der Waals surface area contributed by atoms with Crippen LogP contribution in [0, 0.1) is 11.3 Å². The van der Waals surface area contributed by atoms with Crippen molar-refractivity contribution in [2.24, 2.45) is 0 Å². The number of nitriles is 1. The number of amides is 1. The molecule has 1 fully saturated rings. The Bertz CT molecular complexity index is 847. The van der Waals surface area contributed by atoms with Crippen LogP contribution in [0.5, 0.6) is 0 Å². The third-order valence-electron chi connectivity index (χ3n) is 5.53. The van der Waals surface area contributed by atoms with E-state index in [1.54, 1.807) is 17.0 Å². The van der Waals surface area contributed by atoms with Crippen LogP contribution in [-0.2, 0) is 4.79 Å². The number of likely N-dealkylation sites (N-methyl/N-ethyl adjacent to an activating group) is 2. The number of aliphatic hydroxyl groups is 1. The largest absolute Gasteiger partial charge is 0.392 e. The number of benzene rings is 2. The fourth-order valence-corrected chi connectivity index (χ4v) is 3.72. The molecule has 6 heteroatoms. The number of hydrogen-bond acceptors (Lipinski definition) is 5. The third kappa shape index (κ3) is 5.35. The minimum Gasteiger partial charge on any atom is -0.392 e. The number of carbonyl (C=O) groups is 1. The second-order valence-corrected chi connectivity index (χ2v) is 7.65. The maximum atomic E-state index is 13.1. The van der Waals surface area contributed by atoms with Crippen molar-refractivity contribution >= 4 is 11.6 Å². The van der Waals surface area contributed by atoms with Crippen molar-refractivity contribution in [3.05, 3.63) is 65.7 Å². The number of carbonyl (C=O) groups excluding carboxylic acids is 1. The smallest absolute Gasteiger partial charge is 0.242 e. The molecule has 6 nitrogen and oxygen atoms in total. The molecular weight excluding hydrogens is 364 g/mol. The van der Waals surface area contributed by atoms with Gasteiger partial charge < -0.3 is 14.9 Å². The van der Waals surface area contributed by atoms with E-state index in [2.05, 4.69) is 11.0 Å². The van der Waals surface area contributed by atoms with E-state index < -0.39 is 0 Å². The molecule has 1 aliphatic rings. The molecule has 1 aliphatic heterocycles. The van der Waals surface area contributed by atoms with Gasteiger partial charge in [-0.1, -0.05) is 30.3 Å². The number of hydrogen-bond donors (Lipinski definition) is 1. The third-order valence-corrected chi connectivity index (χ3v) is 5.53. The van der Waals surface area contributed by atoms with Gasteiger partial charge in [0.25, 0.3) is 0 Å². The molecule has 2 aromatic rings. The highest BCUT2D eigenvalue weighted by atomic mass is 16.3. The molecule has 0 aromatic heterocycles. The minimum atomic E-state index is -0.282. The van der Waals surface area contributed by atoms with Crippen LogP contribution >= 0.6 is 0 Å². The van der Waals surface area contributed by atoms with E-state index in [1.165, 1.54) is 0 Å². The molecule has 1 heterocycles. The average molecular weight is 393 g/mol. The summed E-state index contributed by atoms with van der Waals surface area (Å²) in [6.45, 7) is 2.44. The van der Waals surface area contributed by atoms with Crippen molar-refractivity contribution in [3.63, 3.8) is 0 Å². The Balaban J connectivity index is 1.71. The van der Waals surface area contributed by atoms with Crippen molar-refractivity contribution in [1.29, 1.82) is 5.26 Å². The molecule has 1 N–H and O–H groups in total. The Hall–Kier alpha value is -2.88. The second kappa shape index (κ2) is 9.55. The molecule has 3 rings (SSSR count). The van der Waals surface area contributed by atoms with Crippen LogP contribution in [0.1, 0.15) is 23.6 Å². The molecule has 0 saturated carbocycles. The van der Waals surface area contributed by atoms with Crippen LogP contribution in [0.25, 0.3) is 0 Å². The molecule has 0 unspecified atom stereocenters. The minimum absolute atomic E-state index is 0.0189. The maximum absolute atomic E-state index is 13.1. The summed E-state index contributed by atoms with van der Waals surface area (Å²) in [4.78, 5) is 19.0. The average Bonchev–Trinajstić information content (AvgIpc) is 3.17. The SMILES string of the molecule is CN(CC(=O)N(C)[C@H](CN1CC[C@H](O)C1)c1ccccc1)c1ccc(C#N)cc1. The molecule has 0 bridgehead atoms. The summed E-state index contributed by atoms with van der Waals surface area (Å²) in [5.74, 6) is 0.0189. The summed E-state index contributed by atoms with van der Waals surface area (Å²) < 4.78 is 0. The Morgan fingerprint density at radius 1 is 1.21 bits per heavy atom. The summed E-state index contributed by atoms with van der Waals surface area (Å²) in [6.07, 6.45) is 0.496. The predicted molar refractivity (Wildman–Crippen MR) is 113 cm³/mol. The zero-order valence-electron chi connectivity index (χ0n) is 17.0. The molecule has 1 saturated heterocycles. The van der Waals surface area contributed by atoms with Gasteiger partial charge in [-0.05, 0) is 36.2 Å². The Labute approximate surface area is 172 Å². The molecule has 0 radical (unpaired) electrons. The molecule has 29 heavy (non-hydrogen) atoms. The molecule has 0 aliphatic carbocycles. The van der Waals surface area contributed by atoms with Crippen LogP contribution in [0.4, 0.5) is 5.69 Å². The van der Waals surface area contributed by atoms with Crippen LogP contribution in [0.15, 0.2) is 54.6 Å². The van der Waals surface area contributed by atoms with Gasteiger partial charge in [-0.3, -0.25) is 9.69 Å². The summed E-state index contributed by atoms with van der Waals surface area (Å²) in [7, 11) is 3.72. The van der Waals surface area contributed by atoms with Gasteiger partial charge in [0, 0.05) is 39.4 Å². The van der Waals surface area contributed by atoms with Crippen molar-refractivity contribution in [2.75, 3.05) is 45.2 Å². The molecule has 152 valence electrons. The van der Waals surface area contributed by atoms with Crippen molar-refractivity contribution in [1.82, 2.24) is 9.80 Å². The second-order valence-electron chi connectivity index (χ2n) is 7.65. The first-order valence-corrected chi connectivity index (χ1v) is 9.90. The summed E-state index contributed by atoms with van der Waals surface area (Å²) >= 11 is 0. The number of rotatable bonds is 7. The van der Waals surface area contributed by atoms with Gasteiger partial charge in [0.05, 0.1) is 30.3 Å². The van der Waals surface area contributed by atoms with E-state index in [-0.39, 0.29) is 24.6 Å². The van der Waals surface area contributed by atoms with Gasteiger partial charge in [0.2, 0.25) is 5.91 Å². The first-order valence-electron chi connectivity index (χ1n) is 9.90. The van der Waals surface area contributed by atoms with Crippen LogP contribution in [0.2, 0.25) is 0 Å². The Morgan fingerprint density at radius 3 is 2.48 bits per heavy atom. The van der Waals surface area contributed by atoms with E-state index >= 15 is 0 Å². The van der Waals surface area contributed by atoms with E-state index in [0.717, 1.165) is 24.2 Å². The zero-order chi connectivity index (χ0) is 20.8. The number of anilines is 1. The van der Waals surface area contributed by atoms with Crippen LogP contribution in [0.3, 0.4) is 0 Å². The van der Waals surface area contributed by atoms with Crippen LogP contribution in [-0.4, -0.2) is 67.2 Å². The van der Waals surface area contributed by atoms with Gasteiger partial charge in [-0.15, -0.1) is 0 Å². The standard InChI is InChI=1S/C23H28N4O2/c1-25(20-10-8-18(14-24)9-11-20)17-23(29)26(2)22(19-6-4-3-5-7-19)16-27-13-12-21(28)15-27/h3-11,21-22,28H,12-13,15-17H2,1-2H3/t21-,22+/m0/s1. The number of nitrogens with zero attached hydrogens (tertiary/aromatic N) is 4. The van der Waals surface area contributed by atoms with Gasteiger partial charge in [-0.25, -0.2) is 0 Å². The zero-order valence-corrected chi connectivity index (χ0v) is 17.0. The lowest BCUT2D eigenvalue weighted by Gasteiger charge is -2.33. The lowest BCUT2D eigenvalue weighted by molar-refractivity contribution is -0.131. The molecule has 2 atom stereocenters. The fourth-order valence-electron chi connectivity index (χ4n) is 3.72. The first-order chi connectivity index (χ1) is 14.0. The highest BCUT2D eigenvalue weighted by Gasteiger charge is 2.28. The monoisotopic (exact) mass is 392 g/mol. The molecule has 0 spiro atoms. The lowest BCUT2D eigenvalue weighted by atomic mass is 10.0. The van der Waals surface area contributed by atoms with E-state index in [0.29, 0.717) is 18.7 Å². The first kappa shape index (κ1) is 20.8. The van der Waals surface area contributed by atoms with Crippen molar-refractivity contribution in [2.45, 2.75) is 18.6 Å². The highest BCUT2D eigenvalue weighted by Crippen LogP contribution is 2.24. The van der Waals surface area contributed by atoms with Gasteiger partial charge >= 0.3 is 0 Å². The lowest BCUT2D eigenvalue weighted by Crippen LogP contribution is -2.43. The molecular formula is C23H28N4O2. The predicted octanol–water partition coefficient (Wildman–Crippen LogP) is 2.26. The summed E-state index contributed by atoms with van der Waals surface area (Å²) in [5.41, 5.74) is 2.58. The fraction of sp³-hybridized carbons (Fsp3) is 0.391. The van der Waals surface area contributed by atoms with Crippen molar-refractivity contribution in [3.8, 4) is 6.07 Å². The van der Waals surface area contributed by atoms with E-state index in [9.17, 15) is 9.90 Å². The number of aliphatic hydroxyl groups excluding tert-OH is 1. The van der Waals surface area contributed by atoms with Gasteiger partial charge in [-0.2, -0.15) is 5.26 Å². The van der Waals surface area contributed by atoms with Crippen molar-refractivity contribution < 1.29 is 9.90 Å². The van der Waals surface area contributed by atoms with Gasteiger partial charge in [0.1, 0.15) is 0 Å². The van der Waals surface area contributed by atoms with E-state index in [4.69, 9.17) is 5.26 Å². The molecule has 1 amide bonds. The Kier molecular flexibility index (Phi) is 6.86. The Morgan fingerprint density at radius 2 is 1.90 bits per heavy atom.